The van der Waals surface area contributed by atoms with Gasteiger partial charge >= 0.3 is 5.97 Å². The van der Waals surface area contributed by atoms with Gasteiger partial charge in [-0.25, -0.2) is 0 Å². The summed E-state index contributed by atoms with van der Waals surface area (Å²) < 4.78 is 23.8. The zero-order chi connectivity index (χ0) is 31.1. The summed E-state index contributed by atoms with van der Waals surface area (Å²) >= 11 is 6.83. The molecule has 1 unspecified atom stereocenters. The van der Waals surface area contributed by atoms with Crippen molar-refractivity contribution in [3.05, 3.63) is 106 Å². The van der Waals surface area contributed by atoms with E-state index in [1.807, 2.05) is 49.4 Å². The highest BCUT2D eigenvalue weighted by molar-refractivity contribution is 6.33. The number of hydrogen-bond acceptors (Lipinski definition) is 8. The van der Waals surface area contributed by atoms with Crippen molar-refractivity contribution in [2.75, 3.05) is 19.8 Å². The SMILES string of the molecule is Cc1c(COc2ccc(CNC(CO)C(=O)O)c(OCc3cccc(C#N)c3)c2Cl)cccc1-c1ccc2c(c1)OCCO2. The van der Waals surface area contributed by atoms with Gasteiger partial charge in [0.15, 0.2) is 11.5 Å². The quantitative estimate of drug-likeness (QED) is 0.185. The first-order valence-corrected chi connectivity index (χ1v) is 14.4. The molecular formula is C34H31ClN2O7. The molecule has 1 heterocycles. The molecule has 0 radical (unpaired) electrons. The summed E-state index contributed by atoms with van der Waals surface area (Å²) in [6.07, 6.45) is 0. The van der Waals surface area contributed by atoms with E-state index in [0.29, 0.717) is 35.8 Å². The Kier molecular flexibility index (Phi) is 9.87. The Balaban J connectivity index is 1.38. The molecule has 226 valence electrons. The van der Waals surface area contributed by atoms with Gasteiger partial charge in [0.1, 0.15) is 49.0 Å². The molecule has 44 heavy (non-hydrogen) atoms. The summed E-state index contributed by atoms with van der Waals surface area (Å²) in [5.74, 6) is 0.969. The van der Waals surface area contributed by atoms with Crippen LogP contribution in [-0.4, -0.2) is 42.0 Å². The van der Waals surface area contributed by atoms with Gasteiger partial charge in [-0.3, -0.25) is 10.1 Å². The van der Waals surface area contributed by atoms with E-state index in [2.05, 4.69) is 11.4 Å². The summed E-state index contributed by atoms with van der Waals surface area (Å²) in [5, 5.41) is 31.0. The molecule has 1 atom stereocenters. The Morgan fingerprint density at radius 2 is 1.80 bits per heavy atom. The van der Waals surface area contributed by atoms with Crippen LogP contribution >= 0.6 is 11.6 Å². The number of nitriles is 1. The van der Waals surface area contributed by atoms with Crippen molar-refractivity contribution in [1.29, 1.82) is 5.26 Å². The van der Waals surface area contributed by atoms with Crippen molar-refractivity contribution in [2.24, 2.45) is 0 Å². The average molecular weight is 615 g/mol. The van der Waals surface area contributed by atoms with E-state index in [-0.39, 0.29) is 24.8 Å². The number of aliphatic carboxylic acids is 1. The van der Waals surface area contributed by atoms with Crippen LogP contribution in [0.3, 0.4) is 0 Å². The third kappa shape index (κ3) is 7.06. The average Bonchev–Trinajstić information content (AvgIpc) is 3.04. The number of rotatable bonds is 12. The topological polar surface area (TPSA) is 130 Å². The lowest BCUT2D eigenvalue weighted by molar-refractivity contribution is -0.140. The molecule has 9 nitrogen and oxygen atoms in total. The van der Waals surface area contributed by atoms with Crippen LogP contribution in [0.2, 0.25) is 5.02 Å². The van der Waals surface area contributed by atoms with Crippen molar-refractivity contribution in [3.63, 3.8) is 0 Å². The van der Waals surface area contributed by atoms with Gasteiger partial charge in [-0.2, -0.15) is 5.26 Å². The van der Waals surface area contributed by atoms with E-state index in [1.54, 1.807) is 30.3 Å². The molecule has 0 bridgehead atoms. The monoisotopic (exact) mass is 614 g/mol. The second kappa shape index (κ2) is 14.1. The smallest absolute Gasteiger partial charge is 0.323 e. The largest absolute Gasteiger partial charge is 0.487 e. The molecule has 1 aliphatic rings. The molecular weight excluding hydrogens is 584 g/mol. The molecule has 4 aromatic carbocycles. The number of fused-ring (bicyclic) bond motifs is 1. The third-order valence-electron chi connectivity index (χ3n) is 7.28. The maximum absolute atomic E-state index is 11.4. The molecule has 4 aromatic rings. The zero-order valence-electron chi connectivity index (χ0n) is 24.0. The summed E-state index contributed by atoms with van der Waals surface area (Å²) in [6, 6.07) is 23.3. The minimum Gasteiger partial charge on any atom is -0.487 e. The van der Waals surface area contributed by atoms with Crippen LogP contribution in [0.1, 0.15) is 27.8 Å². The molecule has 0 saturated heterocycles. The third-order valence-corrected chi connectivity index (χ3v) is 7.64. The zero-order valence-corrected chi connectivity index (χ0v) is 24.8. The summed E-state index contributed by atoms with van der Waals surface area (Å²) in [4.78, 5) is 11.4. The molecule has 10 heteroatoms. The van der Waals surface area contributed by atoms with Gasteiger partial charge in [-0.1, -0.05) is 54.1 Å². The highest BCUT2D eigenvalue weighted by Gasteiger charge is 2.20. The predicted molar refractivity (Wildman–Crippen MR) is 164 cm³/mol. The highest BCUT2D eigenvalue weighted by Crippen LogP contribution is 2.39. The number of halogens is 1. The van der Waals surface area contributed by atoms with Gasteiger partial charge in [-0.05, 0) is 65.1 Å². The molecule has 0 aromatic heterocycles. The van der Waals surface area contributed by atoms with Crippen molar-refractivity contribution in [3.8, 4) is 40.2 Å². The van der Waals surface area contributed by atoms with Crippen LogP contribution in [0.5, 0.6) is 23.0 Å². The Bertz CT molecular complexity index is 1700. The number of carboxylic acid groups (broad SMARTS) is 1. The van der Waals surface area contributed by atoms with E-state index in [4.69, 9.17) is 30.5 Å². The number of carboxylic acids is 1. The van der Waals surface area contributed by atoms with Crippen LogP contribution < -0.4 is 24.3 Å². The van der Waals surface area contributed by atoms with E-state index in [0.717, 1.165) is 39.3 Å². The van der Waals surface area contributed by atoms with Crippen LogP contribution in [0.4, 0.5) is 0 Å². The normalized spacial score (nSPS) is 12.7. The molecule has 1 aliphatic heterocycles. The number of hydrogen-bond donors (Lipinski definition) is 3. The lowest BCUT2D eigenvalue weighted by Crippen LogP contribution is -2.39. The minimum atomic E-state index is -1.18. The number of aliphatic hydroxyl groups excluding tert-OH is 1. The number of aliphatic hydroxyl groups is 1. The van der Waals surface area contributed by atoms with Crippen LogP contribution in [0.25, 0.3) is 11.1 Å². The van der Waals surface area contributed by atoms with Gasteiger partial charge in [0.25, 0.3) is 0 Å². The predicted octanol–water partition coefficient (Wildman–Crippen LogP) is 5.65. The van der Waals surface area contributed by atoms with Crippen molar-refractivity contribution < 1.29 is 34.0 Å². The minimum absolute atomic E-state index is 0.0712. The second-order valence-corrected chi connectivity index (χ2v) is 10.5. The summed E-state index contributed by atoms with van der Waals surface area (Å²) in [7, 11) is 0. The molecule has 0 fully saturated rings. The van der Waals surface area contributed by atoms with Crippen molar-refractivity contribution >= 4 is 17.6 Å². The Hall–Kier alpha value is -4.75. The number of nitrogens with zero attached hydrogens (tertiary/aromatic N) is 1. The molecule has 0 saturated carbocycles. The standard InChI is InChI=1S/C34H31ClN2O7/c1-21-26(6-3-7-27(21)24-8-10-29-31(15-24)42-13-12-41-29)20-43-30-11-9-25(17-37-28(18-38)34(39)40)33(32(30)35)44-19-23-5-2-4-22(14-23)16-36/h2-11,14-15,28,37-38H,12-13,17-20H2,1H3,(H,39,40). The van der Waals surface area contributed by atoms with E-state index in [1.165, 1.54) is 0 Å². The lowest BCUT2D eigenvalue weighted by atomic mass is 9.96. The van der Waals surface area contributed by atoms with Crippen molar-refractivity contribution in [2.45, 2.75) is 32.7 Å². The van der Waals surface area contributed by atoms with Crippen LogP contribution in [-0.2, 0) is 24.6 Å². The number of ether oxygens (including phenoxy) is 4. The Labute approximate surface area is 260 Å². The molecule has 5 rings (SSSR count). The van der Waals surface area contributed by atoms with Gasteiger partial charge in [0.05, 0.1) is 18.2 Å². The summed E-state index contributed by atoms with van der Waals surface area (Å²) in [5.41, 5.74) is 5.88. The molecule has 0 amide bonds. The van der Waals surface area contributed by atoms with E-state index in [9.17, 15) is 20.3 Å². The fourth-order valence-electron chi connectivity index (χ4n) is 4.85. The lowest BCUT2D eigenvalue weighted by Gasteiger charge is -2.20. The number of carbonyl (C=O) groups is 1. The molecule has 0 aliphatic carbocycles. The maximum atomic E-state index is 11.4. The van der Waals surface area contributed by atoms with Gasteiger partial charge in [0.2, 0.25) is 0 Å². The van der Waals surface area contributed by atoms with Gasteiger partial charge in [-0.15, -0.1) is 0 Å². The fraction of sp³-hybridized carbons (Fsp3) is 0.235. The Morgan fingerprint density at radius 1 is 1.00 bits per heavy atom. The first kappa shape index (κ1) is 30.7. The van der Waals surface area contributed by atoms with E-state index < -0.39 is 18.6 Å². The number of benzene rings is 4. The van der Waals surface area contributed by atoms with Crippen LogP contribution in [0.15, 0.2) is 72.8 Å². The fourth-order valence-corrected chi connectivity index (χ4v) is 5.15. The number of nitrogens with one attached hydrogen (secondary N) is 1. The Morgan fingerprint density at radius 3 is 2.57 bits per heavy atom. The molecule has 3 N–H and O–H groups in total. The van der Waals surface area contributed by atoms with Gasteiger partial charge in [0, 0.05) is 12.1 Å². The highest BCUT2D eigenvalue weighted by atomic mass is 35.5. The van der Waals surface area contributed by atoms with Gasteiger partial charge < -0.3 is 29.2 Å². The first-order chi connectivity index (χ1) is 21.4. The first-order valence-electron chi connectivity index (χ1n) is 14.0. The molecule has 0 spiro atoms. The van der Waals surface area contributed by atoms with Crippen LogP contribution in [0, 0.1) is 18.3 Å². The van der Waals surface area contributed by atoms with E-state index >= 15 is 0 Å². The second-order valence-electron chi connectivity index (χ2n) is 10.2. The summed E-state index contributed by atoms with van der Waals surface area (Å²) in [6.45, 7) is 2.92. The van der Waals surface area contributed by atoms with Crippen molar-refractivity contribution in [1.82, 2.24) is 5.32 Å². The maximum Gasteiger partial charge on any atom is 0.323 e.